The van der Waals surface area contributed by atoms with Gasteiger partial charge in [0.1, 0.15) is 11.6 Å². The first-order valence-electron chi connectivity index (χ1n) is 12.7. The number of amides is 1. The molecular weight excluding hydrogens is 624 g/mol. The van der Waals surface area contributed by atoms with Crippen molar-refractivity contribution in [2.45, 2.75) is 29.0 Å². The molecule has 0 spiro atoms. The first-order chi connectivity index (χ1) is 20.9. The largest absolute Gasteiger partial charge is 0.416 e. The molecule has 0 saturated carbocycles. The third-order valence-electron chi connectivity index (χ3n) is 6.40. The molecule has 5 aromatic rings. The topological polar surface area (TPSA) is 83.6 Å². The predicted molar refractivity (Wildman–Crippen MR) is 156 cm³/mol. The van der Waals surface area contributed by atoms with Crippen molar-refractivity contribution in [3.63, 3.8) is 0 Å². The number of nitrogens with one attached hydrogen (secondary N) is 1. The molecule has 0 aliphatic heterocycles. The number of alkyl halides is 6. The lowest BCUT2D eigenvalue weighted by Gasteiger charge is -2.16. The van der Waals surface area contributed by atoms with Crippen molar-refractivity contribution >= 4 is 51.1 Å². The molecule has 0 aliphatic rings. The molecule has 0 unspecified atom stereocenters. The van der Waals surface area contributed by atoms with E-state index in [1.807, 2.05) is 36.4 Å². The van der Waals surface area contributed by atoms with Gasteiger partial charge in [-0.3, -0.25) is 10.1 Å². The van der Waals surface area contributed by atoms with E-state index in [0.29, 0.717) is 32.6 Å². The molecule has 44 heavy (non-hydrogen) atoms. The van der Waals surface area contributed by atoms with Crippen LogP contribution < -0.4 is 5.32 Å². The van der Waals surface area contributed by atoms with Crippen molar-refractivity contribution in [1.82, 2.24) is 14.8 Å². The van der Waals surface area contributed by atoms with Gasteiger partial charge in [-0.15, -0.1) is 10.2 Å². The van der Waals surface area contributed by atoms with Gasteiger partial charge in [0.15, 0.2) is 4.34 Å². The fourth-order valence-electron chi connectivity index (χ4n) is 4.37. The zero-order valence-corrected chi connectivity index (χ0v) is 23.9. The fourth-order valence-corrected chi connectivity index (χ4v) is 6.07. The maximum atomic E-state index is 13.8. The number of carbonyl (C=O) groups is 1. The predicted octanol–water partition coefficient (Wildman–Crippen LogP) is 8.42. The number of carbonyl (C=O) groups excluding carboxylic acids is 1. The van der Waals surface area contributed by atoms with Crippen LogP contribution in [-0.2, 0) is 29.4 Å². The molecule has 14 heteroatoms. The number of anilines is 1. The van der Waals surface area contributed by atoms with Crippen LogP contribution >= 0.6 is 23.1 Å². The van der Waals surface area contributed by atoms with Crippen molar-refractivity contribution in [3.8, 4) is 6.07 Å². The number of rotatable bonds is 8. The number of benzene rings is 3. The van der Waals surface area contributed by atoms with E-state index >= 15 is 0 Å². The third-order valence-corrected chi connectivity index (χ3v) is 8.44. The molecule has 1 amide bonds. The van der Waals surface area contributed by atoms with Crippen LogP contribution in [0.5, 0.6) is 0 Å². The van der Waals surface area contributed by atoms with Crippen LogP contribution in [0.1, 0.15) is 27.8 Å². The van der Waals surface area contributed by atoms with E-state index in [1.54, 1.807) is 24.3 Å². The van der Waals surface area contributed by atoms with Gasteiger partial charge in [0, 0.05) is 35.0 Å². The van der Waals surface area contributed by atoms with Crippen LogP contribution in [0.3, 0.4) is 0 Å². The number of aromatic nitrogens is 3. The number of para-hydroxylation sites is 1. The summed E-state index contributed by atoms with van der Waals surface area (Å²) in [6, 6.07) is 19.6. The summed E-state index contributed by atoms with van der Waals surface area (Å²) in [7, 11) is 0. The average Bonchev–Trinajstić information content (AvgIpc) is 3.58. The lowest BCUT2D eigenvalue weighted by Crippen LogP contribution is -2.15. The van der Waals surface area contributed by atoms with Gasteiger partial charge in [-0.1, -0.05) is 77.7 Å². The van der Waals surface area contributed by atoms with Gasteiger partial charge in [-0.2, -0.15) is 31.6 Å². The molecule has 224 valence electrons. The maximum Gasteiger partial charge on any atom is 0.416 e. The average molecular weight is 644 g/mol. The highest BCUT2D eigenvalue weighted by atomic mass is 32.2. The molecule has 5 rings (SSSR count). The second-order valence-electron chi connectivity index (χ2n) is 9.37. The lowest BCUT2D eigenvalue weighted by molar-refractivity contribution is -0.143. The minimum atomic E-state index is -5.03. The minimum absolute atomic E-state index is 0.0963. The van der Waals surface area contributed by atoms with Crippen LogP contribution in [0.2, 0.25) is 0 Å². The summed E-state index contributed by atoms with van der Waals surface area (Å²) in [4.78, 5) is 12.9. The molecule has 2 aromatic heterocycles. The Morgan fingerprint density at radius 1 is 0.977 bits per heavy atom. The van der Waals surface area contributed by atoms with E-state index in [4.69, 9.17) is 0 Å². The molecule has 0 radical (unpaired) electrons. The summed E-state index contributed by atoms with van der Waals surface area (Å²) in [6.45, 7) is -0.413. The molecule has 0 saturated heterocycles. The van der Waals surface area contributed by atoms with Gasteiger partial charge in [0.2, 0.25) is 5.13 Å². The Morgan fingerprint density at radius 3 is 2.41 bits per heavy atom. The summed E-state index contributed by atoms with van der Waals surface area (Å²) in [5, 5.41) is 21.0. The highest BCUT2D eigenvalue weighted by Gasteiger charge is 2.38. The van der Waals surface area contributed by atoms with Gasteiger partial charge < -0.3 is 4.57 Å². The quantitative estimate of drug-likeness (QED) is 0.0604. The second kappa shape index (κ2) is 12.6. The Hall–Kier alpha value is -4.61. The van der Waals surface area contributed by atoms with Gasteiger partial charge in [0.05, 0.1) is 11.1 Å². The summed E-state index contributed by atoms with van der Waals surface area (Å²) >= 11 is 2.57. The summed E-state index contributed by atoms with van der Waals surface area (Å²) in [5.74, 6) is -0.115. The van der Waals surface area contributed by atoms with Crippen molar-refractivity contribution in [3.05, 3.63) is 112 Å². The summed E-state index contributed by atoms with van der Waals surface area (Å²) < 4.78 is 82.8. The minimum Gasteiger partial charge on any atom is -0.342 e. The molecule has 0 fully saturated rings. The second-order valence-corrected chi connectivity index (χ2v) is 11.6. The molecule has 2 heterocycles. The van der Waals surface area contributed by atoms with Crippen molar-refractivity contribution in [2.75, 3.05) is 5.32 Å². The zero-order valence-electron chi connectivity index (χ0n) is 22.3. The fraction of sp³-hybridized carbons (Fsp3) is 0.133. The van der Waals surface area contributed by atoms with Crippen molar-refractivity contribution < 1.29 is 31.1 Å². The van der Waals surface area contributed by atoms with E-state index in [2.05, 4.69) is 15.5 Å². The molecule has 1 N–H and O–H groups in total. The van der Waals surface area contributed by atoms with Gasteiger partial charge in [0.25, 0.3) is 5.91 Å². The van der Waals surface area contributed by atoms with E-state index in [0.717, 1.165) is 23.0 Å². The lowest BCUT2D eigenvalue weighted by atomic mass is 10.0. The normalized spacial score (nSPS) is 12.3. The monoisotopic (exact) mass is 643 g/mol. The number of nitrogens with zero attached hydrogens (tertiary/aromatic N) is 4. The van der Waals surface area contributed by atoms with Crippen molar-refractivity contribution in [2.24, 2.45) is 0 Å². The Balaban J connectivity index is 1.39. The number of hydrogen-bond donors (Lipinski definition) is 1. The van der Waals surface area contributed by atoms with Gasteiger partial charge >= 0.3 is 12.4 Å². The van der Waals surface area contributed by atoms with Crippen LogP contribution in [-0.4, -0.2) is 20.7 Å². The Kier molecular flexibility index (Phi) is 8.80. The van der Waals surface area contributed by atoms with Crippen LogP contribution in [0, 0.1) is 11.3 Å². The third kappa shape index (κ3) is 7.12. The zero-order chi connectivity index (χ0) is 31.5. The highest BCUT2D eigenvalue weighted by molar-refractivity contribution is 8.00. The molecule has 3 aromatic carbocycles. The van der Waals surface area contributed by atoms with E-state index in [-0.39, 0.29) is 22.3 Å². The van der Waals surface area contributed by atoms with Gasteiger partial charge in [-0.25, -0.2) is 0 Å². The molecule has 0 aliphatic carbocycles. The number of fused-ring (bicyclic) bond motifs is 1. The van der Waals surface area contributed by atoms with E-state index < -0.39 is 35.9 Å². The van der Waals surface area contributed by atoms with Crippen LogP contribution in [0.4, 0.5) is 31.5 Å². The Morgan fingerprint density at radius 2 is 1.70 bits per heavy atom. The Bertz CT molecular complexity index is 1890. The van der Waals surface area contributed by atoms with Crippen molar-refractivity contribution in [1.29, 1.82) is 5.26 Å². The molecular formula is C30H19F6N5OS2. The van der Waals surface area contributed by atoms with E-state index in [9.17, 15) is 36.4 Å². The van der Waals surface area contributed by atoms with Gasteiger partial charge in [-0.05, 0) is 35.4 Å². The number of hydrogen-bond acceptors (Lipinski definition) is 6. The van der Waals surface area contributed by atoms with E-state index in [1.165, 1.54) is 28.6 Å². The summed E-state index contributed by atoms with van der Waals surface area (Å²) in [6.07, 6.45) is -7.24. The first-order valence-corrected chi connectivity index (χ1v) is 14.5. The van der Waals surface area contributed by atoms with Crippen LogP contribution in [0.25, 0.3) is 17.0 Å². The number of halogens is 6. The molecule has 6 nitrogen and oxygen atoms in total. The van der Waals surface area contributed by atoms with Crippen LogP contribution in [0.15, 0.2) is 88.9 Å². The maximum absolute atomic E-state index is 13.8. The highest BCUT2D eigenvalue weighted by Crippen LogP contribution is 2.38. The molecule has 0 bridgehead atoms. The standard InChI is InChI=1S/C30H19F6N5OS2/c31-29(32,33)22-11-10-19(24(13-22)30(34,35)36)15-41-16-21(23-8-4-5-9-25(23)41)12-20(14-37)26(42)38-27-39-40-28(44-27)43-17-18-6-2-1-3-7-18/h1-13,16H,15,17H2,(H,38,39,42)/b20-12+. The smallest absolute Gasteiger partial charge is 0.342 e. The number of nitriles is 1. The number of thioether (sulfide) groups is 1. The molecule has 0 atom stereocenters. The summed E-state index contributed by atoms with van der Waals surface area (Å²) in [5.41, 5.74) is -1.60. The first kappa shape index (κ1) is 30.8. The Labute approximate surface area is 254 Å². The SMILES string of the molecule is N#C/C(=C\c1cn(Cc2ccc(C(F)(F)F)cc2C(F)(F)F)c2ccccc12)C(=O)Nc1nnc(SCc2ccccc2)s1.